The van der Waals surface area contributed by atoms with Crippen molar-refractivity contribution in [3.05, 3.63) is 89.2 Å². The van der Waals surface area contributed by atoms with Crippen molar-refractivity contribution in [3.63, 3.8) is 0 Å². The fourth-order valence-electron chi connectivity index (χ4n) is 2.89. The standard InChI is InChI=1S/C23H23FN2O3.ClH/c1-28-21-8-7-18(23(27)26-10-9-16-5-3-2-4-6-16)13-22(21)29-20-12-17(15-25)11-19(24)14-20;/h2-8,11-14H,9-10,15,25H2,1H3,(H,26,27);1H. The molecule has 30 heavy (non-hydrogen) atoms. The molecule has 0 spiro atoms. The number of carbonyl (C=O) groups is 1. The minimum Gasteiger partial charge on any atom is -0.493 e. The maximum atomic E-state index is 13.8. The summed E-state index contributed by atoms with van der Waals surface area (Å²) in [5.74, 6) is 0.360. The van der Waals surface area contributed by atoms with E-state index in [2.05, 4.69) is 5.32 Å². The van der Waals surface area contributed by atoms with Crippen molar-refractivity contribution in [3.8, 4) is 17.2 Å². The summed E-state index contributed by atoms with van der Waals surface area (Å²) in [5.41, 5.74) is 7.76. The molecule has 0 aromatic heterocycles. The van der Waals surface area contributed by atoms with Crippen molar-refractivity contribution in [1.82, 2.24) is 5.32 Å². The molecule has 3 rings (SSSR count). The monoisotopic (exact) mass is 430 g/mol. The van der Waals surface area contributed by atoms with Crippen molar-refractivity contribution < 1.29 is 18.7 Å². The summed E-state index contributed by atoms with van der Waals surface area (Å²) in [5, 5.41) is 2.89. The summed E-state index contributed by atoms with van der Waals surface area (Å²) in [7, 11) is 1.50. The lowest BCUT2D eigenvalue weighted by molar-refractivity contribution is 0.0953. The zero-order chi connectivity index (χ0) is 20.6. The molecule has 0 aliphatic heterocycles. The number of nitrogens with two attached hydrogens (primary N) is 1. The van der Waals surface area contributed by atoms with E-state index in [-0.39, 0.29) is 30.6 Å². The highest BCUT2D eigenvalue weighted by atomic mass is 35.5. The summed E-state index contributed by atoms with van der Waals surface area (Å²) >= 11 is 0. The van der Waals surface area contributed by atoms with Crippen LogP contribution in [0, 0.1) is 5.82 Å². The van der Waals surface area contributed by atoms with Gasteiger partial charge >= 0.3 is 0 Å². The lowest BCUT2D eigenvalue weighted by atomic mass is 10.1. The second-order valence-corrected chi connectivity index (χ2v) is 6.46. The van der Waals surface area contributed by atoms with Crippen LogP contribution in [0.4, 0.5) is 4.39 Å². The Labute approximate surface area is 181 Å². The van der Waals surface area contributed by atoms with Gasteiger partial charge < -0.3 is 20.5 Å². The number of halogens is 2. The first-order valence-electron chi connectivity index (χ1n) is 9.26. The van der Waals surface area contributed by atoms with Gasteiger partial charge in [0.15, 0.2) is 11.5 Å². The number of ether oxygens (including phenoxy) is 2. The fraction of sp³-hybridized carbons (Fsp3) is 0.174. The topological polar surface area (TPSA) is 73.6 Å². The van der Waals surface area contributed by atoms with Crippen LogP contribution in [-0.2, 0) is 13.0 Å². The van der Waals surface area contributed by atoms with E-state index in [0.717, 1.165) is 12.0 Å². The van der Waals surface area contributed by atoms with E-state index in [1.165, 1.54) is 19.2 Å². The minimum atomic E-state index is -0.447. The fourth-order valence-corrected chi connectivity index (χ4v) is 2.89. The Bertz CT molecular complexity index is 983. The van der Waals surface area contributed by atoms with E-state index in [0.29, 0.717) is 29.2 Å². The van der Waals surface area contributed by atoms with Gasteiger partial charge in [0.2, 0.25) is 0 Å². The summed E-state index contributed by atoms with van der Waals surface area (Å²) in [6, 6.07) is 19.0. The van der Waals surface area contributed by atoms with Crippen LogP contribution in [0.3, 0.4) is 0 Å². The molecule has 0 aliphatic rings. The van der Waals surface area contributed by atoms with E-state index in [9.17, 15) is 9.18 Å². The van der Waals surface area contributed by atoms with Crippen LogP contribution >= 0.6 is 12.4 Å². The highest BCUT2D eigenvalue weighted by Crippen LogP contribution is 2.33. The van der Waals surface area contributed by atoms with Crippen molar-refractivity contribution in [2.24, 2.45) is 5.73 Å². The average Bonchev–Trinajstić information content (AvgIpc) is 2.74. The van der Waals surface area contributed by atoms with Crippen LogP contribution < -0.4 is 20.5 Å². The summed E-state index contributed by atoms with van der Waals surface area (Å²) < 4.78 is 24.8. The molecule has 3 aromatic rings. The number of hydrogen-bond acceptors (Lipinski definition) is 4. The molecule has 0 heterocycles. The van der Waals surface area contributed by atoms with Gasteiger partial charge in [0.05, 0.1) is 7.11 Å². The Hall–Kier alpha value is -3.09. The molecule has 1 amide bonds. The van der Waals surface area contributed by atoms with Gasteiger partial charge in [-0.1, -0.05) is 30.3 Å². The van der Waals surface area contributed by atoms with Gasteiger partial charge in [-0.25, -0.2) is 4.39 Å². The SMILES string of the molecule is COc1ccc(C(=O)NCCc2ccccc2)cc1Oc1cc(F)cc(CN)c1.Cl. The molecule has 5 nitrogen and oxygen atoms in total. The lowest BCUT2D eigenvalue weighted by Crippen LogP contribution is -2.25. The Balaban J connectivity index is 0.00000320. The third-order valence-electron chi connectivity index (χ3n) is 4.36. The zero-order valence-corrected chi connectivity index (χ0v) is 17.4. The highest BCUT2D eigenvalue weighted by molar-refractivity contribution is 5.94. The van der Waals surface area contributed by atoms with Crippen molar-refractivity contribution in [2.75, 3.05) is 13.7 Å². The smallest absolute Gasteiger partial charge is 0.251 e. The van der Waals surface area contributed by atoms with E-state index < -0.39 is 5.82 Å². The maximum absolute atomic E-state index is 13.8. The molecule has 3 N–H and O–H groups in total. The number of methoxy groups -OCH3 is 1. The van der Waals surface area contributed by atoms with Gasteiger partial charge in [-0.05, 0) is 47.9 Å². The Morgan fingerprint density at radius 2 is 1.77 bits per heavy atom. The highest BCUT2D eigenvalue weighted by Gasteiger charge is 2.13. The van der Waals surface area contributed by atoms with Gasteiger partial charge in [-0.3, -0.25) is 4.79 Å². The van der Waals surface area contributed by atoms with Gasteiger partial charge in [0, 0.05) is 24.7 Å². The molecule has 0 saturated heterocycles. The quantitative estimate of drug-likeness (QED) is 0.552. The summed E-state index contributed by atoms with van der Waals surface area (Å²) in [4.78, 5) is 12.5. The Morgan fingerprint density at radius 1 is 1.00 bits per heavy atom. The van der Waals surface area contributed by atoms with Crippen LogP contribution in [-0.4, -0.2) is 19.6 Å². The Morgan fingerprint density at radius 3 is 2.47 bits per heavy atom. The molecule has 0 radical (unpaired) electrons. The van der Waals surface area contributed by atoms with E-state index >= 15 is 0 Å². The van der Waals surface area contributed by atoms with Crippen molar-refractivity contribution in [2.45, 2.75) is 13.0 Å². The average molecular weight is 431 g/mol. The van der Waals surface area contributed by atoms with Crippen LogP contribution in [0.15, 0.2) is 66.7 Å². The third kappa shape index (κ3) is 6.20. The second kappa shape index (κ2) is 11.2. The van der Waals surface area contributed by atoms with Crippen molar-refractivity contribution >= 4 is 18.3 Å². The van der Waals surface area contributed by atoms with Gasteiger partial charge in [-0.15, -0.1) is 12.4 Å². The number of nitrogens with one attached hydrogen (secondary N) is 1. The predicted molar refractivity (Wildman–Crippen MR) is 117 cm³/mol. The molecular formula is C23H24ClFN2O3. The third-order valence-corrected chi connectivity index (χ3v) is 4.36. The molecular weight excluding hydrogens is 407 g/mol. The van der Waals surface area contributed by atoms with Crippen LogP contribution in [0.25, 0.3) is 0 Å². The first-order chi connectivity index (χ1) is 14.1. The summed E-state index contributed by atoms with van der Waals surface area (Å²) in [6.45, 7) is 0.698. The molecule has 0 saturated carbocycles. The normalized spacial score (nSPS) is 10.1. The van der Waals surface area contributed by atoms with E-state index in [4.69, 9.17) is 15.2 Å². The van der Waals surface area contributed by atoms with Crippen LogP contribution in [0.1, 0.15) is 21.5 Å². The molecule has 0 unspecified atom stereocenters. The predicted octanol–water partition coefficient (Wildman–Crippen LogP) is 4.48. The molecule has 7 heteroatoms. The van der Waals surface area contributed by atoms with Gasteiger partial charge in [-0.2, -0.15) is 0 Å². The second-order valence-electron chi connectivity index (χ2n) is 6.46. The molecule has 0 fully saturated rings. The maximum Gasteiger partial charge on any atom is 0.251 e. The zero-order valence-electron chi connectivity index (χ0n) is 16.6. The number of carbonyl (C=O) groups excluding carboxylic acids is 1. The largest absolute Gasteiger partial charge is 0.493 e. The van der Waals surface area contributed by atoms with Gasteiger partial charge in [0.25, 0.3) is 5.91 Å². The number of amides is 1. The van der Waals surface area contributed by atoms with Crippen LogP contribution in [0.5, 0.6) is 17.2 Å². The van der Waals surface area contributed by atoms with Crippen molar-refractivity contribution in [1.29, 1.82) is 0 Å². The van der Waals surface area contributed by atoms with E-state index in [1.54, 1.807) is 24.3 Å². The Kier molecular flexibility index (Phi) is 8.65. The molecule has 0 atom stereocenters. The lowest BCUT2D eigenvalue weighted by Gasteiger charge is -2.13. The number of benzene rings is 3. The summed E-state index contributed by atoms with van der Waals surface area (Å²) in [6.07, 6.45) is 0.733. The molecule has 0 bridgehead atoms. The molecule has 158 valence electrons. The first kappa shape index (κ1) is 23.2. The number of rotatable bonds is 8. The number of hydrogen-bond donors (Lipinski definition) is 2. The molecule has 0 aliphatic carbocycles. The van der Waals surface area contributed by atoms with Crippen LogP contribution in [0.2, 0.25) is 0 Å². The van der Waals surface area contributed by atoms with Gasteiger partial charge in [0.1, 0.15) is 11.6 Å². The minimum absolute atomic E-state index is 0. The first-order valence-corrected chi connectivity index (χ1v) is 9.26. The van der Waals surface area contributed by atoms with E-state index in [1.807, 2.05) is 30.3 Å². The molecule has 3 aromatic carbocycles.